The number of pyridine rings is 1. The summed E-state index contributed by atoms with van der Waals surface area (Å²) >= 11 is 0. The zero-order valence-corrected chi connectivity index (χ0v) is 19.3. The van der Waals surface area contributed by atoms with E-state index in [4.69, 9.17) is 10.5 Å². The average molecular weight is 452 g/mol. The molecule has 2 heterocycles. The molecule has 2 aromatic heterocycles. The first-order valence-electron chi connectivity index (χ1n) is 10.7. The standard InChI is InChI=1S/C24H29N5O4/c1-16-6-8-17(9-7-16)18-14-28(15-19(18)23(30)33-24(2,3)4)13-5-12-26-21-11-10-20(29(31)32)22(25)27-21/h6-11,14-15H,5,12-13H2,1-4H3,(H3,25,26,27). The highest BCUT2D eigenvalue weighted by atomic mass is 16.6. The number of anilines is 2. The van der Waals surface area contributed by atoms with Crippen molar-refractivity contribution in [2.75, 3.05) is 17.6 Å². The number of aromatic nitrogens is 2. The molecule has 0 atom stereocenters. The number of carbonyl (C=O) groups is 1. The minimum atomic E-state index is -0.590. The van der Waals surface area contributed by atoms with Crippen molar-refractivity contribution in [3.63, 3.8) is 0 Å². The molecule has 3 N–H and O–H groups in total. The number of hydrogen-bond acceptors (Lipinski definition) is 7. The monoisotopic (exact) mass is 451 g/mol. The number of nitrogen functional groups attached to an aromatic ring is 1. The van der Waals surface area contributed by atoms with Crippen LogP contribution in [0.25, 0.3) is 11.1 Å². The molecule has 0 saturated carbocycles. The summed E-state index contributed by atoms with van der Waals surface area (Å²) in [5, 5.41) is 14.0. The van der Waals surface area contributed by atoms with E-state index in [0.29, 0.717) is 24.5 Å². The van der Waals surface area contributed by atoms with E-state index >= 15 is 0 Å². The van der Waals surface area contributed by atoms with Crippen molar-refractivity contribution in [1.29, 1.82) is 0 Å². The predicted molar refractivity (Wildman–Crippen MR) is 128 cm³/mol. The minimum absolute atomic E-state index is 0.125. The molecular weight excluding hydrogens is 422 g/mol. The molecular formula is C24H29N5O4. The van der Waals surface area contributed by atoms with Crippen molar-refractivity contribution in [3.8, 4) is 11.1 Å². The van der Waals surface area contributed by atoms with Crippen LogP contribution in [0.5, 0.6) is 0 Å². The molecule has 0 spiro atoms. The molecule has 1 aromatic carbocycles. The summed E-state index contributed by atoms with van der Waals surface area (Å²) < 4.78 is 7.58. The Morgan fingerprint density at radius 2 is 1.88 bits per heavy atom. The summed E-state index contributed by atoms with van der Waals surface area (Å²) in [5.74, 6) is -0.0129. The maximum atomic E-state index is 12.8. The van der Waals surface area contributed by atoms with Gasteiger partial charge in [-0.15, -0.1) is 0 Å². The van der Waals surface area contributed by atoms with Crippen molar-refractivity contribution >= 4 is 23.3 Å². The first-order chi connectivity index (χ1) is 15.5. The van der Waals surface area contributed by atoms with E-state index in [9.17, 15) is 14.9 Å². The third-order valence-electron chi connectivity index (χ3n) is 4.86. The molecule has 0 saturated heterocycles. The van der Waals surface area contributed by atoms with Crippen molar-refractivity contribution in [3.05, 3.63) is 70.0 Å². The Morgan fingerprint density at radius 3 is 2.48 bits per heavy atom. The second kappa shape index (κ2) is 9.72. The predicted octanol–water partition coefficient (Wildman–Crippen LogP) is 4.81. The second-order valence-electron chi connectivity index (χ2n) is 8.83. The Balaban J connectivity index is 1.70. The smallest absolute Gasteiger partial charge is 0.340 e. The van der Waals surface area contributed by atoms with Gasteiger partial charge in [0.2, 0.25) is 5.82 Å². The molecule has 0 aliphatic carbocycles. The molecule has 0 amide bonds. The number of rotatable bonds is 8. The van der Waals surface area contributed by atoms with E-state index in [-0.39, 0.29) is 17.5 Å². The molecule has 174 valence electrons. The molecule has 0 bridgehead atoms. The van der Waals surface area contributed by atoms with Crippen LogP contribution in [-0.2, 0) is 11.3 Å². The Hall–Kier alpha value is -3.88. The number of carbonyl (C=O) groups excluding carboxylic acids is 1. The Morgan fingerprint density at radius 1 is 1.18 bits per heavy atom. The van der Waals surface area contributed by atoms with Gasteiger partial charge in [-0.2, -0.15) is 0 Å². The lowest BCUT2D eigenvalue weighted by Gasteiger charge is -2.19. The van der Waals surface area contributed by atoms with Gasteiger partial charge in [-0.05, 0) is 45.7 Å². The van der Waals surface area contributed by atoms with Crippen LogP contribution < -0.4 is 11.1 Å². The molecule has 0 fully saturated rings. The number of nitrogens with two attached hydrogens (primary N) is 1. The van der Waals surface area contributed by atoms with E-state index in [1.165, 1.54) is 12.1 Å². The summed E-state index contributed by atoms with van der Waals surface area (Å²) in [6, 6.07) is 10.9. The van der Waals surface area contributed by atoms with Gasteiger partial charge in [0.05, 0.1) is 10.5 Å². The second-order valence-corrected chi connectivity index (χ2v) is 8.83. The van der Waals surface area contributed by atoms with Crippen LogP contribution in [0.15, 0.2) is 48.8 Å². The van der Waals surface area contributed by atoms with E-state index in [2.05, 4.69) is 10.3 Å². The highest BCUT2D eigenvalue weighted by Gasteiger charge is 2.22. The summed E-state index contributed by atoms with van der Waals surface area (Å²) in [7, 11) is 0. The number of benzene rings is 1. The minimum Gasteiger partial charge on any atom is -0.456 e. The third kappa shape index (κ3) is 6.31. The first-order valence-corrected chi connectivity index (χ1v) is 10.7. The molecule has 0 aliphatic heterocycles. The molecule has 9 heteroatoms. The van der Waals surface area contributed by atoms with E-state index in [0.717, 1.165) is 23.1 Å². The van der Waals surface area contributed by atoms with Crippen LogP contribution >= 0.6 is 0 Å². The van der Waals surface area contributed by atoms with Gasteiger partial charge in [0, 0.05) is 37.1 Å². The summed E-state index contributed by atoms with van der Waals surface area (Å²) in [5.41, 5.74) is 8.26. The molecule has 3 aromatic rings. The Bertz CT molecular complexity index is 1150. The molecule has 33 heavy (non-hydrogen) atoms. The SMILES string of the molecule is Cc1ccc(-c2cn(CCCNc3ccc([N+](=O)[O-])c(N)n3)cc2C(=O)OC(C)(C)C)cc1. The topological polar surface area (TPSA) is 125 Å². The Labute approximate surface area is 192 Å². The molecule has 9 nitrogen and oxygen atoms in total. The van der Waals surface area contributed by atoms with Gasteiger partial charge in [-0.1, -0.05) is 29.8 Å². The highest BCUT2D eigenvalue weighted by molar-refractivity contribution is 5.97. The van der Waals surface area contributed by atoms with Gasteiger partial charge < -0.3 is 20.4 Å². The lowest BCUT2D eigenvalue weighted by molar-refractivity contribution is -0.384. The maximum absolute atomic E-state index is 12.8. The van der Waals surface area contributed by atoms with Gasteiger partial charge in [0.1, 0.15) is 11.4 Å². The number of aryl methyl sites for hydroxylation is 2. The van der Waals surface area contributed by atoms with Crippen molar-refractivity contribution in [2.45, 2.75) is 46.3 Å². The number of nitro groups is 1. The van der Waals surface area contributed by atoms with Crippen LogP contribution in [0.1, 0.15) is 43.1 Å². The van der Waals surface area contributed by atoms with Gasteiger partial charge >= 0.3 is 11.7 Å². The van der Waals surface area contributed by atoms with Crippen LogP contribution in [0.2, 0.25) is 0 Å². The zero-order chi connectivity index (χ0) is 24.2. The van der Waals surface area contributed by atoms with Crippen molar-refractivity contribution in [2.24, 2.45) is 0 Å². The van der Waals surface area contributed by atoms with E-state index in [1.54, 1.807) is 0 Å². The van der Waals surface area contributed by atoms with Gasteiger partial charge in [0.15, 0.2) is 0 Å². The highest BCUT2D eigenvalue weighted by Crippen LogP contribution is 2.27. The van der Waals surface area contributed by atoms with Crippen LogP contribution in [0, 0.1) is 17.0 Å². The van der Waals surface area contributed by atoms with Gasteiger partial charge in [0.25, 0.3) is 0 Å². The number of esters is 1. The number of nitrogens with zero attached hydrogens (tertiary/aromatic N) is 3. The van der Waals surface area contributed by atoms with Crippen molar-refractivity contribution in [1.82, 2.24) is 9.55 Å². The van der Waals surface area contributed by atoms with Crippen LogP contribution in [0.3, 0.4) is 0 Å². The number of ether oxygens (including phenoxy) is 1. The van der Waals surface area contributed by atoms with Crippen LogP contribution in [0.4, 0.5) is 17.3 Å². The van der Waals surface area contributed by atoms with E-state index in [1.807, 2.05) is 68.9 Å². The molecule has 3 rings (SSSR count). The lowest BCUT2D eigenvalue weighted by atomic mass is 10.0. The lowest BCUT2D eigenvalue weighted by Crippen LogP contribution is -2.24. The number of nitrogens with one attached hydrogen (secondary N) is 1. The Kier molecular flexibility index (Phi) is 7.01. The van der Waals surface area contributed by atoms with Gasteiger partial charge in [-0.3, -0.25) is 10.1 Å². The summed E-state index contributed by atoms with van der Waals surface area (Å²) in [6.07, 6.45) is 4.49. The largest absolute Gasteiger partial charge is 0.456 e. The molecule has 0 unspecified atom stereocenters. The third-order valence-corrected chi connectivity index (χ3v) is 4.86. The van der Waals surface area contributed by atoms with Gasteiger partial charge in [-0.25, -0.2) is 9.78 Å². The van der Waals surface area contributed by atoms with E-state index < -0.39 is 10.5 Å². The quantitative estimate of drug-likeness (QED) is 0.218. The molecule has 0 radical (unpaired) electrons. The fraction of sp³-hybridized carbons (Fsp3) is 0.333. The number of hydrogen-bond donors (Lipinski definition) is 2. The van der Waals surface area contributed by atoms with Crippen molar-refractivity contribution < 1.29 is 14.5 Å². The average Bonchev–Trinajstić information content (AvgIpc) is 3.15. The van der Waals surface area contributed by atoms with Crippen LogP contribution in [-0.4, -0.2) is 32.6 Å². The fourth-order valence-electron chi connectivity index (χ4n) is 3.29. The fourth-order valence-corrected chi connectivity index (χ4v) is 3.29. The summed E-state index contributed by atoms with van der Waals surface area (Å²) in [4.78, 5) is 27.1. The molecule has 0 aliphatic rings. The maximum Gasteiger partial charge on any atom is 0.340 e. The first kappa shape index (κ1) is 23.8. The summed E-state index contributed by atoms with van der Waals surface area (Å²) in [6.45, 7) is 8.78. The normalized spacial score (nSPS) is 11.3. The zero-order valence-electron chi connectivity index (χ0n) is 19.3.